The molecular weight excluding hydrogens is 473 g/mol. The largest absolute Gasteiger partial charge is 0.497 e. The van der Waals surface area contributed by atoms with Crippen molar-refractivity contribution in [1.29, 1.82) is 0 Å². The van der Waals surface area contributed by atoms with Gasteiger partial charge in [-0.25, -0.2) is 4.39 Å². The second-order valence-corrected chi connectivity index (χ2v) is 9.43. The number of nitrogens with zero attached hydrogens (tertiary/aromatic N) is 4. The Bertz CT molecular complexity index is 1260. The van der Waals surface area contributed by atoms with Gasteiger partial charge in [0, 0.05) is 43.2 Å². The smallest absolute Gasteiger partial charge is 0.231 e. The lowest BCUT2D eigenvalue weighted by Gasteiger charge is -2.16. The van der Waals surface area contributed by atoms with E-state index in [1.165, 1.54) is 40.5 Å². The molecule has 2 aromatic carbocycles. The van der Waals surface area contributed by atoms with Crippen LogP contribution >= 0.6 is 11.3 Å². The number of nitrogens with one attached hydrogen (secondary N) is 1. The number of carbonyl (C=O) groups is 3. The topological polar surface area (TPSA) is 105 Å². The minimum Gasteiger partial charge on any atom is -0.497 e. The molecule has 0 saturated carbocycles. The molecule has 1 aromatic heterocycles. The molecule has 2 aliphatic rings. The summed E-state index contributed by atoms with van der Waals surface area (Å²) in [6.07, 6.45) is 0.362. The van der Waals surface area contributed by atoms with Gasteiger partial charge in [-0.3, -0.25) is 14.4 Å². The molecule has 2 aliphatic heterocycles. The fourth-order valence-electron chi connectivity index (χ4n) is 4.30. The lowest BCUT2D eigenvalue weighted by Crippen LogP contribution is -2.28. The second kappa shape index (κ2) is 9.41. The monoisotopic (exact) mass is 495 g/mol. The summed E-state index contributed by atoms with van der Waals surface area (Å²) in [6, 6.07) is 12.9. The molecule has 3 heterocycles. The molecule has 0 bridgehead atoms. The van der Waals surface area contributed by atoms with Gasteiger partial charge < -0.3 is 19.9 Å². The maximum Gasteiger partial charge on any atom is 0.231 e. The first-order valence-corrected chi connectivity index (χ1v) is 11.9. The molecule has 3 aromatic rings. The molecule has 5 rings (SSSR count). The van der Waals surface area contributed by atoms with Gasteiger partial charge in [0.25, 0.3) is 0 Å². The van der Waals surface area contributed by atoms with Gasteiger partial charge in [0.2, 0.25) is 22.9 Å². The summed E-state index contributed by atoms with van der Waals surface area (Å²) in [5.41, 5.74) is 1.34. The minimum absolute atomic E-state index is 0.00805. The van der Waals surface area contributed by atoms with Crippen LogP contribution in [-0.2, 0) is 14.4 Å². The van der Waals surface area contributed by atoms with E-state index in [0.717, 1.165) is 5.69 Å². The highest BCUT2D eigenvalue weighted by molar-refractivity contribution is 7.15. The fraction of sp³-hybridized carbons (Fsp3) is 0.292. The van der Waals surface area contributed by atoms with Crippen LogP contribution in [0.5, 0.6) is 5.75 Å². The molecule has 3 amide bonds. The van der Waals surface area contributed by atoms with Crippen LogP contribution in [0, 0.1) is 11.7 Å². The number of rotatable bonds is 6. The van der Waals surface area contributed by atoms with E-state index >= 15 is 0 Å². The molecule has 2 unspecified atom stereocenters. The average Bonchev–Trinajstić information content (AvgIpc) is 3.58. The number of halogens is 1. The molecule has 2 saturated heterocycles. The van der Waals surface area contributed by atoms with Crippen molar-refractivity contribution in [3.05, 3.63) is 59.4 Å². The van der Waals surface area contributed by atoms with E-state index in [1.54, 1.807) is 24.1 Å². The molecule has 0 radical (unpaired) electrons. The Labute approximate surface area is 204 Å². The summed E-state index contributed by atoms with van der Waals surface area (Å²) >= 11 is 1.23. The molecule has 2 atom stereocenters. The third-order valence-corrected chi connectivity index (χ3v) is 7.16. The van der Waals surface area contributed by atoms with Crippen molar-refractivity contribution in [3.63, 3.8) is 0 Å². The maximum absolute atomic E-state index is 13.2. The van der Waals surface area contributed by atoms with E-state index in [-0.39, 0.29) is 36.6 Å². The van der Waals surface area contributed by atoms with Gasteiger partial charge in [0.05, 0.1) is 13.0 Å². The Balaban J connectivity index is 1.20. The Morgan fingerprint density at radius 3 is 2.29 bits per heavy atom. The molecule has 35 heavy (non-hydrogen) atoms. The summed E-state index contributed by atoms with van der Waals surface area (Å²) in [7, 11) is 1.59. The third kappa shape index (κ3) is 4.72. The number of ether oxygens (including phenoxy) is 1. The highest BCUT2D eigenvalue weighted by Gasteiger charge is 2.37. The Kier molecular flexibility index (Phi) is 6.16. The van der Waals surface area contributed by atoms with Gasteiger partial charge in [-0.05, 0) is 48.5 Å². The normalized spacial score (nSPS) is 19.9. The summed E-state index contributed by atoms with van der Waals surface area (Å²) in [6.45, 7) is 0.674. The summed E-state index contributed by atoms with van der Waals surface area (Å²) in [4.78, 5) is 41.0. The zero-order valence-electron chi connectivity index (χ0n) is 18.8. The maximum atomic E-state index is 13.2. The van der Waals surface area contributed by atoms with Crippen molar-refractivity contribution >= 4 is 45.6 Å². The van der Waals surface area contributed by atoms with Gasteiger partial charge >= 0.3 is 0 Å². The quantitative estimate of drug-likeness (QED) is 0.563. The zero-order valence-corrected chi connectivity index (χ0v) is 19.6. The summed E-state index contributed by atoms with van der Waals surface area (Å²) in [5, 5.41) is 12.0. The van der Waals surface area contributed by atoms with Crippen LogP contribution in [0.25, 0.3) is 0 Å². The third-order valence-electron chi connectivity index (χ3n) is 6.16. The van der Waals surface area contributed by atoms with Crippen LogP contribution in [0.3, 0.4) is 0 Å². The van der Waals surface area contributed by atoms with E-state index in [9.17, 15) is 18.8 Å². The van der Waals surface area contributed by atoms with E-state index in [4.69, 9.17) is 4.74 Å². The number of aromatic nitrogens is 2. The lowest BCUT2D eigenvalue weighted by atomic mass is 10.1. The number of benzene rings is 2. The SMILES string of the molecule is COc1ccc(N2CC(c3nnc(NC(=O)C4CC(=O)N(c5ccc(F)cc5)C4)s3)CC2=O)cc1. The van der Waals surface area contributed by atoms with Crippen molar-refractivity contribution in [2.45, 2.75) is 18.8 Å². The van der Waals surface area contributed by atoms with Gasteiger partial charge in [0.15, 0.2) is 0 Å². The first-order chi connectivity index (χ1) is 16.9. The number of methoxy groups -OCH3 is 1. The summed E-state index contributed by atoms with van der Waals surface area (Å²) < 4.78 is 18.4. The molecule has 1 N–H and O–H groups in total. The average molecular weight is 496 g/mol. The van der Waals surface area contributed by atoms with Crippen LogP contribution in [0.2, 0.25) is 0 Å². The van der Waals surface area contributed by atoms with Gasteiger partial charge in [-0.1, -0.05) is 11.3 Å². The number of carbonyl (C=O) groups excluding carboxylic acids is 3. The second-order valence-electron chi connectivity index (χ2n) is 8.42. The minimum atomic E-state index is -0.557. The van der Waals surface area contributed by atoms with E-state index in [2.05, 4.69) is 15.5 Å². The van der Waals surface area contributed by atoms with E-state index in [0.29, 0.717) is 34.5 Å². The highest BCUT2D eigenvalue weighted by atomic mass is 32.1. The first kappa shape index (κ1) is 22.9. The van der Waals surface area contributed by atoms with E-state index in [1.807, 2.05) is 12.1 Å². The Morgan fingerprint density at radius 2 is 1.60 bits per heavy atom. The highest BCUT2D eigenvalue weighted by Crippen LogP contribution is 2.35. The number of anilines is 3. The molecular formula is C24H22FN5O4S. The summed E-state index contributed by atoms with van der Waals surface area (Å²) in [5.74, 6) is -0.894. The standard InChI is InChI=1S/C24H22FN5O4S/c1-34-19-8-6-18(7-9-19)30-13-15(11-21(30)32)23-27-28-24(35-23)26-22(33)14-10-20(31)29(12-14)17-4-2-16(25)3-5-17/h2-9,14-15H,10-13H2,1H3,(H,26,28,33). The van der Waals surface area contributed by atoms with Crippen molar-refractivity contribution in [2.24, 2.45) is 5.92 Å². The van der Waals surface area contributed by atoms with Crippen molar-refractivity contribution in [2.75, 3.05) is 35.3 Å². The number of hydrogen-bond acceptors (Lipinski definition) is 7. The van der Waals surface area contributed by atoms with Gasteiger partial charge in [-0.15, -0.1) is 10.2 Å². The number of hydrogen-bond donors (Lipinski definition) is 1. The molecule has 11 heteroatoms. The van der Waals surface area contributed by atoms with Crippen LogP contribution in [-0.4, -0.2) is 48.1 Å². The molecule has 0 spiro atoms. The van der Waals surface area contributed by atoms with Gasteiger partial charge in [-0.2, -0.15) is 0 Å². The van der Waals surface area contributed by atoms with Crippen molar-refractivity contribution in [3.8, 4) is 5.75 Å². The first-order valence-electron chi connectivity index (χ1n) is 11.1. The van der Waals surface area contributed by atoms with Crippen LogP contribution in [0.1, 0.15) is 23.8 Å². The zero-order chi connectivity index (χ0) is 24.5. The van der Waals surface area contributed by atoms with Crippen LogP contribution in [0.4, 0.5) is 20.9 Å². The molecule has 2 fully saturated rings. The molecule has 0 aliphatic carbocycles. The predicted molar refractivity (Wildman–Crippen MR) is 128 cm³/mol. The lowest BCUT2D eigenvalue weighted by molar-refractivity contribution is -0.122. The van der Waals surface area contributed by atoms with Crippen LogP contribution in [0.15, 0.2) is 48.5 Å². The van der Waals surface area contributed by atoms with Gasteiger partial charge in [0.1, 0.15) is 16.6 Å². The van der Waals surface area contributed by atoms with Crippen LogP contribution < -0.4 is 19.9 Å². The predicted octanol–water partition coefficient (Wildman–Crippen LogP) is 3.20. The van der Waals surface area contributed by atoms with Crippen molar-refractivity contribution in [1.82, 2.24) is 10.2 Å². The molecule has 180 valence electrons. The number of amides is 3. The van der Waals surface area contributed by atoms with E-state index < -0.39 is 11.7 Å². The Morgan fingerprint density at radius 1 is 0.971 bits per heavy atom. The Hall–Kier alpha value is -3.86. The van der Waals surface area contributed by atoms with Crippen molar-refractivity contribution < 1.29 is 23.5 Å². The fourth-order valence-corrected chi connectivity index (χ4v) is 5.13. The molecule has 9 nitrogen and oxygen atoms in total.